The molecular weight excluding hydrogens is 460 g/mol. The molecule has 35 heavy (non-hydrogen) atoms. The average molecular weight is 493 g/mol. The second-order valence-electron chi connectivity index (χ2n) is 8.92. The fraction of sp³-hybridized carbons (Fsp3) is 0.321. The molecule has 3 aromatic rings. The minimum Gasteiger partial charge on any atom is -0.494 e. The van der Waals surface area contributed by atoms with Crippen LogP contribution in [0.1, 0.15) is 48.6 Å². The molecule has 0 saturated carbocycles. The predicted octanol–water partition coefficient (Wildman–Crippen LogP) is 4.96. The van der Waals surface area contributed by atoms with Gasteiger partial charge in [0.25, 0.3) is 10.0 Å². The van der Waals surface area contributed by atoms with Crippen molar-refractivity contribution >= 4 is 21.6 Å². The molecule has 7 heteroatoms. The zero-order valence-corrected chi connectivity index (χ0v) is 21.3. The number of benzene rings is 3. The number of aryl methyl sites for hydroxylation is 3. The first-order valence-electron chi connectivity index (χ1n) is 12.0. The molecule has 1 aliphatic rings. The van der Waals surface area contributed by atoms with Crippen molar-refractivity contribution in [3.63, 3.8) is 0 Å². The van der Waals surface area contributed by atoms with Gasteiger partial charge in [0.1, 0.15) is 12.3 Å². The molecule has 6 nitrogen and oxygen atoms in total. The van der Waals surface area contributed by atoms with E-state index in [9.17, 15) is 13.2 Å². The van der Waals surface area contributed by atoms with Gasteiger partial charge >= 0.3 is 0 Å². The van der Waals surface area contributed by atoms with Gasteiger partial charge in [-0.3, -0.25) is 9.10 Å². The molecule has 4 rings (SSSR count). The van der Waals surface area contributed by atoms with Gasteiger partial charge in [-0.05, 0) is 93.1 Å². The zero-order chi connectivity index (χ0) is 25.0. The van der Waals surface area contributed by atoms with Crippen molar-refractivity contribution in [3.8, 4) is 5.75 Å². The van der Waals surface area contributed by atoms with Gasteiger partial charge in [-0.2, -0.15) is 0 Å². The number of hydrogen-bond donors (Lipinski definition) is 1. The first kappa shape index (κ1) is 24.8. The topological polar surface area (TPSA) is 75.7 Å². The molecule has 0 radical (unpaired) electrons. The molecule has 1 aliphatic carbocycles. The largest absolute Gasteiger partial charge is 0.494 e. The lowest BCUT2D eigenvalue weighted by atomic mass is 10.0. The minimum absolute atomic E-state index is 0.136. The highest BCUT2D eigenvalue weighted by Gasteiger charge is 2.28. The van der Waals surface area contributed by atoms with E-state index in [1.165, 1.54) is 11.1 Å². The summed E-state index contributed by atoms with van der Waals surface area (Å²) in [5.41, 5.74) is 5.08. The summed E-state index contributed by atoms with van der Waals surface area (Å²) in [6, 6.07) is 19.5. The van der Waals surface area contributed by atoms with E-state index in [0.717, 1.165) is 34.7 Å². The van der Waals surface area contributed by atoms with Gasteiger partial charge < -0.3 is 10.1 Å². The van der Waals surface area contributed by atoms with Crippen LogP contribution in [0, 0.1) is 6.92 Å². The van der Waals surface area contributed by atoms with E-state index in [1.54, 1.807) is 48.5 Å². The quantitative estimate of drug-likeness (QED) is 0.458. The molecular formula is C28H32N2O4S. The Labute approximate surface area is 208 Å². The third-order valence-corrected chi connectivity index (χ3v) is 8.12. The SMILES string of the molecule is CCOc1ccc(N(CC(=O)N[C@H](C)c2ccc3c(c2)CCC3)S(=O)(=O)c2ccc(C)cc2)cc1. The molecule has 0 saturated heterocycles. The van der Waals surface area contributed by atoms with Crippen molar-refractivity contribution in [1.82, 2.24) is 5.32 Å². The van der Waals surface area contributed by atoms with Crippen molar-refractivity contribution in [2.24, 2.45) is 0 Å². The summed E-state index contributed by atoms with van der Waals surface area (Å²) in [7, 11) is -3.97. The highest BCUT2D eigenvalue weighted by atomic mass is 32.2. The molecule has 1 N–H and O–H groups in total. The lowest BCUT2D eigenvalue weighted by Gasteiger charge is -2.25. The molecule has 0 aliphatic heterocycles. The molecule has 0 heterocycles. The lowest BCUT2D eigenvalue weighted by Crippen LogP contribution is -2.41. The van der Waals surface area contributed by atoms with Crippen LogP contribution in [0.15, 0.2) is 71.6 Å². The number of anilines is 1. The second kappa shape index (κ2) is 10.5. The van der Waals surface area contributed by atoms with Gasteiger partial charge in [0.05, 0.1) is 23.2 Å². The van der Waals surface area contributed by atoms with Crippen LogP contribution in [0.5, 0.6) is 5.75 Å². The van der Waals surface area contributed by atoms with Gasteiger partial charge in [-0.15, -0.1) is 0 Å². The lowest BCUT2D eigenvalue weighted by molar-refractivity contribution is -0.120. The van der Waals surface area contributed by atoms with Crippen LogP contribution in [-0.2, 0) is 27.7 Å². The van der Waals surface area contributed by atoms with Crippen molar-refractivity contribution in [3.05, 3.63) is 89.0 Å². The maximum absolute atomic E-state index is 13.6. The van der Waals surface area contributed by atoms with Crippen LogP contribution < -0.4 is 14.4 Å². The number of rotatable bonds is 9. The van der Waals surface area contributed by atoms with Crippen LogP contribution >= 0.6 is 0 Å². The standard InChI is InChI=1S/C28H32N2O4S/c1-4-34-26-14-12-25(13-15-26)30(35(32,33)27-16-8-20(2)9-17-27)19-28(31)29-21(3)23-11-10-22-6-5-7-24(22)18-23/h8-18,21H,4-7,19H2,1-3H3,(H,29,31)/t21-/m1/s1. The van der Waals surface area contributed by atoms with Crippen LogP contribution in [0.3, 0.4) is 0 Å². The Hall–Kier alpha value is -3.32. The number of nitrogens with one attached hydrogen (secondary N) is 1. The zero-order valence-electron chi connectivity index (χ0n) is 20.5. The van der Waals surface area contributed by atoms with Gasteiger partial charge in [0, 0.05) is 0 Å². The number of nitrogens with zero attached hydrogens (tertiary/aromatic N) is 1. The summed E-state index contributed by atoms with van der Waals surface area (Å²) in [6.45, 7) is 5.88. The normalized spacial score (nSPS) is 13.7. The van der Waals surface area contributed by atoms with Crippen molar-refractivity contribution < 1.29 is 17.9 Å². The predicted molar refractivity (Wildman–Crippen MR) is 138 cm³/mol. The fourth-order valence-electron chi connectivity index (χ4n) is 4.39. The summed E-state index contributed by atoms with van der Waals surface area (Å²) >= 11 is 0. The Bertz CT molecular complexity index is 1290. The number of ether oxygens (including phenoxy) is 1. The van der Waals surface area contributed by atoms with E-state index in [2.05, 4.69) is 17.4 Å². The van der Waals surface area contributed by atoms with Gasteiger partial charge in [-0.25, -0.2) is 8.42 Å². The smallest absolute Gasteiger partial charge is 0.264 e. The number of sulfonamides is 1. The Kier molecular flexibility index (Phi) is 7.45. The second-order valence-corrected chi connectivity index (χ2v) is 10.8. The summed E-state index contributed by atoms with van der Waals surface area (Å²) < 4.78 is 33.8. The van der Waals surface area contributed by atoms with Crippen LogP contribution in [0.25, 0.3) is 0 Å². The minimum atomic E-state index is -3.97. The summed E-state index contributed by atoms with van der Waals surface area (Å²) in [5, 5.41) is 2.98. The summed E-state index contributed by atoms with van der Waals surface area (Å²) in [6.07, 6.45) is 3.32. The maximum atomic E-state index is 13.6. The van der Waals surface area contributed by atoms with Crippen LogP contribution in [0.2, 0.25) is 0 Å². The molecule has 0 spiro atoms. The van der Waals surface area contributed by atoms with Gasteiger partial charge in [0.2, 0.25) is 5.91 Å². The van der Waals surface area contributed by atoms with Crippen LogP contribution in [-0.4, -0.2) is 27.5 Å². The van der Waals surface area contributed by atoms with E-state index in [-0.39, 0.29) is 23.4 Å². The monoisotopic (exact) mass is 492 g/mol. The molecule has 0 aromatic heterocycles. The van der Waals surface area contributed by atoms with E-state index in [4.69, 9.17) is 4.74 Å². The molecule has 1 atom stereocenters. The van der Waals surface area contributed by atoms with E-state index < -0.39 is 10.0 Å². The first-order valence-corrected chi connectivity index (χ1v) is 13.5. The molecule has 184 valence electrons. The van der Waals surface area contributed by atoms with E-state index in [0.29, 0.717) is 18.0 Å². The van der Waals surface area contributed by atoms with E-state index >= 15 is 0 Å². The molecule has 0 unspecified atom stereocenters. The molecule has 0 fully saturated rings. The average Bonchev–Trinajstić information content (AvgIpc) is 3.31. The molecule has 3 aromatic carbocycles. The Morgan fingerprint density at radius 3 is 2.37 bits per heavy atom. The Morgan fingerprint density at radius 2 is 1.69 bits per heavy atom. The highest BCUT2D eigenvalue weighted by molar-refractivity contribution is 7.92. The maximum Gasteiger partial charge on any atom is 0.264 e. The van der Waals surface area contributed by atoms with E-state index in [1.807, 2.05) is 26.8 Å². The first-order chi connectivity index (χ1) is 16.8. The van der Waals surface area contributed by atoms with Crippen molar-refractivity contribution in [2.45, 2.75) is 51.0 Å². The Balaban J connectivity index is 1.58. The third kappa shape index (κ3) is 5.68. The number of hydrogen-bond acceptors (Lipinski definition) is 4. The summed E-state index contributed by atoms with van der Waals surface area (Å²) in [5.74, 6) is 0.265. The third-order valence-electron chi connectivity index (χ3n) is 6.33. The molecule has 1 amide bonds. The van der Waals surface area contributed by atoms with Gasteiger partial charge in [0.15, 0.2) is 0 Å². The van der Waals surface area contributed by atoms with Gasteiger partial charge in [-0.1, -0.05) is 35.9 Å². The number of amides is 1. The summed E-state index contributed by atoms with van der Waals surface area (Å²) in [4.78, 5) is 13.2. The van der Waals surface area contributed by atoms with Crippen molar-refractivity contribution in [2.75, 3.05) is 17.5 Å². The number of fused-ring (bicyclic) bond motifs is 1. The molecule has 0 bridgehead atoms. The fourth-order valence-corrected chi connectivity index (χ4v) is 5.81. The number of carbonyl (C=O) groups is 1. The number of carbonyl (C=O) groups excluding carboxylic acids is 1. The highest BCUT2D eigenvalue weighted by Crippen LogP contribution is 2.27. The van der Waals surface area contributed by atoms with Crippen molar-refractivity contribution in [1.29, 1.82) is 0 Å². The Morgan fingerprint density at radius 1 is 1.00 bits per heavy atom. The van der Waals surface area contributed by atoms with Crippen LogP contribution in [0.4, 0.5) is 5.69 Å².